The Hall–Kier alpha value is -0.870. The van der Waals surface area contributed by atoms with Gasteiger partial charge >= 0.3 is 0 Å². The average molecular weight is 341 g/mol. The van der Waals surface area contributed by atoms with Crippen molar-refractivity contribution in [3.8, 4) is 0 Å². The fourth-order valence-electron chi connectivity index (χ4n) is 1.42. The van der Waals surface area contributed by atoms with Crippen LogP contribution in [0.2, 0.25) is 10.0 Å². The quantitative estimate of drug-likeness (QED) is 0.869. The second kappa shape index (κ2) is 8.33. The Labute approximate surface area is 134 Å². The van der Waals surface area contributed by atoms with E-state index in [2.05, 4.69) is 10.3 Å². The summed E-state index contributed by atoms with van der Waals surface area (Å²) < 4.78 is 0. The molecule has 0 aliphatic rings. The minimum Gasteiger partial charge on any atom is -0.396 e. The summed E-state index contributed by atoms with van der Waals surface area (Å²) in [6.07, 6.45) is 3.29. The second-order valence-electron chi connectivity index (χ2n) is 3.55. The third-order valence-electron chi connectivity index (χ3n) is 2.34. The van der Waals surface area contributed by atoms with Crippen LogP contribution in [-0.2, 0) is 6.54 Å². The summed E-state index contributed by atoms with van der Waals surface area (Å²) in [4.78, 5) is 3.92. The summed E-state index contributed by atoms with van der Waals surface area (Å²) in [5.41, 5.74) is 8.18. The molecule has 3 nitrogen and oxygen atoms in total. The number of nitrogen functional groups attached to an aromatic ring is 1. The molecule has 0 aliphatic carbocycles. The van der Waals surface area contributed by atoms with Crippen molar-refractivity contribution >= 4 is 59.4 Å². The van der Waals surface area contributed by atoms with Gasteiger partial charge in [0, 0.05) is 22.8 Å². The van der Waals surface area contributed by atoms with Gasteiger partial charge in [-0.3, -0.25) is 4.98 Å². The number of nitrogens with one attached hydrogen (secondary N) is 1. The third kappa shape index (κ3) is 4.96. The van der Waals surface area contributed by atoms with Gasteiger partial charge in [-0.25, -0.2) is 0 Å². The highest BCUT2D eigenvalue weighted by Gasteiger charge is 2.02. The molecule has 0 amide bonds. The number of aromatic nitrogens is 1. The number of hydrogen-bond donors (Lipinski definition) is 2. The molecule has 0 saturated heterocycles. The third-order valence-corrected chi connectivity index (χ3v) is 2.92. The molecule has 0 bridgehead atoms. The Bertz CT molecular complexity index is 534. The second-order valence-corrected chi connectivity index (χ2v) is 4.40. The van der Waals surface area contributed by atoms with Gasteiger partial charge in [0.1, 0.15) is 0 Å². The van der Waals surface area contributed by atoms with Crippen LogP contribution in [0.1, 0.15) is 5.56 Å². The molecule has 0 aliphatic heterocycles. The number of rotatable bonds is 3. The normalized spacial score (nSPS) is 9.16. The molecule has 1 aromatic carbocycles. The van der Waals surface area contributed by atoms with Crippen LogP contribution in [0.25, 0.3) is 0 Å². The van der Waals surface area contributed by atoms with E-state index in [-0.39, 0.29) is 24.8 Å². The van der Waals surface area contributed by atoms with Crippen LogP contribution in [0.4, 0.5) is 11.4 Å². The lowest BCUT2D eigenvalue weighted by atomic mass is 10.2. The molecule has 3 N–H and O–H groups in total. The number of nitrogens with two attached hydrogens (primary N) is 1. The fourth-order valence-corrected chi connectivity index (χ4v) is 1.90. The van der Waals surface area contributed by atoms with E-state index in [1.807, 2.05) is 12.1 Å². The summed E-state index contributed by atoms with van der Waals surface area (Å²) in [6.45, 7) is 0.588. The Morgan fingerprint density at radius 2 is 1.89 bits per heavy atom. The van der Waals surface area contributed by atoms with Gasteiger partial charge in [0.05, 0.1) is 17.6 Å². The maximum Gasteiger partial charge on any atom is 0.0736 e. The van der Waals surface area contributed by atoms with Gasteiger partial charge in [0.2, 0.25) is 0 Å². The molecular weight excluding hydrogens is 328 g/mol. The van der Waals surface area contributed by atoms with Gasteiger partial charge in [0.15, 0.2) is 0 Å². The van der Waals surface area contributed by atoms with Crippen LogP contribution in [-0.4, -0.2) is 4.98 Å². The molecule has 104 valence electrons. The van der Waals surface area contributed by atoms with E-state index in [9.17, 15) is 0 Å². The first-order chi connectivity index (χ1) is 8.16. The van der Waals surface area contributed by atoms with E-state index in [1.165, 1.54) is 0 Å². The Balaban J connectivity index is 0.00000162. The van der Waals surface area contributed by atoms with Crippen molar-refractivity contribution in [3.63, 3.8) is 0 Å². The predicted octanol–water partition coefficient (Wildman–Crippen LogP) is 4.43. The van der Waals surface area contributed by atoms with E-state index < -0.39 is 0 Å². The Morgan fingerprint density at radius 1 is 1.16 bits per heavy atom. The van der Waals surface area contributed by atoms with Crippen molar-refractivity contribution in [2.24, 2.45) is 0 Å². The van der Waals surface area contributed by atoms with E-state index in [1.54, 1.807) is 24.5 Å². The highest BCUT2D eigenvalue weighted by atomic mass is 35.5. The number of pyridine rings is 1. The molecule has 0 atom stereocenters. The lowest BCUT2D eigenvalue weighted by molar-refractivity contribution is 1.14. The summed E-state index contributed by atoms with van der Waals surface area (Å²) in [7, 11) is 0. The molecule has 1 heterocycles. The largest absolute Gasteiger partial charge is 0.396 e. The van der Waals surface area contributed by atoms with Crippen LogP contribution >= 0.6 is 48.0 Å². The maximum absolute atomic E-state index is 6.07. The first kappa shape index (κ1) is 18.1. The van der Waals surface area contributed by atoms with E-state index >= 15 is 0 Å². The molecule has 0 unspecified atom stereocenters. The van der Waals surface area contributed by atoms with Crippen LogP contribution < -0.4 is 11.1 Å². The lowest BCUT2D eigenvalue weighted by Gasteiger charge is -2.10. The number of nitrogens with zero attached hydrogens (tertiary/aromatic N) is 1. The number of anilines is 2. The van der Waals surface area contributed by atoms with Gasteiger partial charge in [0.25, 0.3) is 0 Å². The molecule has 7 heteroatoms. The van der Waals surface area contributed by atoms with Gasteiger partial charge in [-0.05, 0) is 23.8 Å². The zero-order valence-corrected chi connectivity index (χ0v) is 12.9. The molecular formula is C12H13Cl4N3. The van der Waals surface area contributed by atoms with Crippen molar-refractivity contribution in [2.45, 2.75) is 6.54 Å². The standard InChI is InChI=1S/C12H11Cl2N3.2ClH/c13-9-2-1-8(10(14)5-9)6-17-12-3-4-16-7-11(12)15;;/h1-5,7H,6,15H2,(H,16,17);2*1H. The molecule has 1 aromatic heterocycles. The Kier molecular flexibility index (Phi) is 7.95. The lowest BCUT2D eigenvalue weighted by Crippen LogP contribution is -2.03. The molecule has 2 aromatic rings. The van der Waals surface area contributed by atoms with Crippen molar-refractivity contribution in [1.82, 2.24) is 4.98 Å². The van der Waals surface area contributed by atoms with E-state index in [4.69, 9.17) is 28.9 Å². The van der Waals surface area contributed by atoms with Gasteiger partial charge in [-0.1, -0.05) is 29.3 Å². The number of benzene rings is 1. The van der Waals surface area contributed by atoms with Gasteiger partial charge in [-0.2, -0.15) is 0 Å². The van der Waals surface area contributed by atoms with Crippen LogP contribution in [0, 0.1) is 0 Å². The first-order valence-corrected chi connectivity index (χ1v) is 5.79. The van der Waals surface area contributed by atoms with Crippen LogP contribution in [0.5, 0.6) is 0 Å². The maximum atomic E-state index is 6.07. The van der Waals surface area contributed by atoms with Crippen molar-refractivity contribution in [3.05, 3.63) is 52.3 Å². The average Bonchev–Trinajstić information content (AvgIpc) is 2.30. The molecule has 2 rings (SSSR count). The van der Waals surface area contributed by atoms with Gasteiger partial charge in [-0.15, -0.1) is 24.8 Å². The monoisotopic (exact) mass is 339 g/mol. The minimum atomic E-state index is 0. The first-order valence-electron chi connectivity index (χ1n) is 5.04. The summed E-state index contributed by atoms with van der Waals surface area (Å²) in [5.74, 6) is 0. The SMILES string of the molecule is Cl.Cl.Nc1cnccc1NCc1ccc(Cl)cc1Cl. The number of hydrogen-bond acceptors (Lipinski definition) is 3. The molecule has 0 fully saturated rings. The minimum absolute atomic E-state index is 0. The number of halogens is 4. The molecule has 0 spiro atoms. The highest BCUT2D eigenvalue weighted by Crippen LogP contribution is 2.23. The molecule has 0 radical (unpaired) electrons. The fraction of sp³-hybridized carbons (Fsp3) is 0.0833. The van der Waals surface area contributed by atoms with Crippen molar-refractivity contribution in [2.75, 3.05) is 11.1 Å². The van der Waals surface area contributed by atoms with Gasteiger partial charge < -0.3 is 11.1 Å². The summed E-state index contributed by atoms with van der Waals surface area (Å²) in [5, 5.41) is 4.46. The van der Waals surface area contributed by atoms with E-state index in [0.29, 0.717) is 22.3 Å². The smallest absolute Gasteiger partial charge is 0.0736 e. The summed E-state index contributed by atoms with van der Waals surface area (Å²) >= 11 is 11.9. The van der Waals surface area contributed by atoms with E-state index in [0.717, 1.165) is 11.3 Å². The zero-order valence-electron chi connectivity index (χ0n) is 9.77. The van der Waals surface area contributed by atoms with Crippen LogP contribution in [0.3, 0.4) is 0 Å². The zero-order chi connectivity index (χ0) is 12.3. The Morgan fingerprint density at radius 3 is 2.53 bits per heavy atom. The molecule has 19 heavy (non-hydrogen) atoms. The predicted molar refractivity (Wildman–Crippen MR) is 86.9 cm³/mol. The molecule has 0 saturated carbocycles. The highest BCUT2D eigenvalue weighted by molar-refractivity contribution is 6.35. The summed E-state index contributed by atoms with van der Waals surface area (Å²) in [6, 6.07) is 7.23. The van der Waals surface area contributed by atoms with Crippen molar-refractivity contribution in [1.29, 1.82) is 0 Å². The van der Waals surface area contributed by atoms with Crippen LogP contribution in [0.15, 0.2) is 36.7 Å². The van der Waals surface area contributed by atoms with Crippen molar-refractivity contribution < 1.29 is 0 Å². The topological polar surface area (TPSA) is 50.9 Å².